The summed E-state index contributed by atoms with van der Waals surface area (Å²) in [6.07, 6.45) is 3.31. The highest BCUT2D eigenvalue weighted by atomic mass is 16.5. The maximum atomic E-state index is 12.8. The van der Waals surface area contributed by atoms with E-state index in [4.69, 9.17) is 9.47 Å². The number of aromatic nitrogens is 1. The van der Waals surface area contributed by atoms with Gasteiger partial charge < -0.3 is 14.8 Å². The molecule has 0 radical (unpaired) electrons. The van der Waals surface area contributed by atoms with Crippen LogP contribution in [0.25, 0.3) is 0 Å². The Morgan fingerprint density at radius 3 is 2.66 bits per heavy atom. The maximum absolute atomic E-state index is 12.8. The molecule has 1 aliphatic rings. The standard InChI is InChI=1S/C27H27N3O5/c1-18(2)20-5-8-22(9-6-20)34-16-24(31)21-7-10-25-23(12-21)30(27(33)17-35-25)15-26(32)29-14-19-4-3-11-28-13-19/h3-13,18H,14-17H2,1-2H3,(H,29,32). The minimum atomic E-state index is -0.361. The summed E-state index contributed by atoms with van der Waals surface area (Å²) in [5, 5.41) is 2.78. The number of carbonyl (C=O) groups excluding carboxylic acids is 3. The fourth-order valence-corrected chi connectivity index (χ4v) is 3.63. The zero-order valence-electron chi connectivity index (χ0n) is 19.7. The second kappa shape index (κ2) is 10.8. The van der Waals surface area contributed by atoms with Crippen LogP contribution in [0.4, 0.5) is 5.69 Å². The molecule has 0 saturated carbocycles. The van der Waals surface area contributed by atoms with E-state index in [9.17, 15) is 14.4 Å². The molecule has 3 aromatic rings. The van der Waals surface area contributed by atoms with Gasteiger partial charge in [-0.05, 0) is 53.4 Å². The van der Waals surface area contributed by atoms with Crippen LogP contribution in [0.1, 0.15) is 41.3 Å². The fraction of sp³-hybridized carbons (Fsp3) is 0.259. The van der Waals surface area contributed by atoms with Crippen LogP contribution in [0.5, 0.6) is 11.5 Å². The molecule has 0 atom stereocenters. The van der Waals surface area contributed by atoms with Crippen molar-refractivity contribution in [1.29, 1.82) is 0 Å². The van der Waals surface area contributed by atoms with E-state index in [1.54, 1.807) is 36.7 Å². The summed E-state index contributed by atoms with van der Waals surface area (Å²) in [5.41, 5.74) is 2.78. The number of hydrogen-bond acceptors (Lipinski definition) is 6. The first kappa shape index (κ1) is 23.9. The number of nitrogens with one attached hydrogen (secondary N) is 1. The third-order valence-corrected chi connectivity index (χ3v) is 5.65. The van der Waals surface area contributed by atoms with Crippen LogP contribution < -0.4 is 19.7 Å². The molecule has 0 aliphatic carbocycles. The first-order valence-electron chi connectivity index (χ1n) is 11.4. The highest BCUT2D eigenvalue weighted by Gasteiger charge is 2.28. The lowest BCUT2D eigenvalue weighted by molar-refractivity contribution is -0.125. The predicted molar refractivity (Wildman–Crippen MR) is 131 cm³/mol. The van der Waals surface area contributed by atoms with E-state index in [1.165, 1.54) is 10.5 Å². The lowest BCUT2D eigenvalue weighted by atomic mass is 10.0. The average Bonchev–Trinajstić information content (AvgIpc) is 2.88. The van der Waals surface area contributed by atoms with Gasteiger partial charge in [0.15, 0.2) is 19.0 Å². The summed E-state index contributed by atoms with van der Waals surface area (Å²) in [5.74, 6) is 0.504. The van der Waals surface area contributed by atoms with Gasteiger partial charge in [0.2, 0.25) is 5.91 Å². The second-order valence-corrected chi connectivity index (χ2v) is 8.52. The number of hydrogen-bond donors (Lipinski definition) is 1. The molecule has 0 fully saturated rings. The molecule has 0 spiro atoms. The molecule has 4 rings (SSSR count). The van der Waals surface area contributed by atoms with Crippen molar-refractivity contribution in [2.24, 2.45) is 0 Å². The van der Waals surface area contributed by atoms with Crippen molar-refractivity contribution in [3.05, 3.63) is 83.7 Å². The Labute approximate surface area is 203 Å². The molecule has 2 aromatic carbocycles. The van der Waals surface area contributed by atoms with Gasteiger partial charge in [-0.25, -0.2) is 0 Å². The van der Waals surface area contributed by atoms with E-state index in [2.05, 4.69) is 24.1 Å². The lowest BCUT2D eigenvalue weighted by Crippen LogP contribution is -2.45. The highest BCUT2D eigenvalue weighted by Crippen LogP contribution is 2.33. The van der Waals surface area contributed by atoms with E-state index in [1.807, 2.05) is 30.3 Å². The van der Waals surface area contributed by atoms with Gasteiger partial charge in [-0.1, -0.05) is 32.0 Å². The zero-order chi connectivity index (χ0) is 24.8. The number of nitrogens with zero attached hydrogens (tertiary/aromatic N) is 2. The number of rotatable bonds is 9. The van der Waals surface area contributed by atoms with Crippen LogP contribution in [0.3, 0.4) is 0 Å². The Balaban J connectivity index is 1.41. The van der Waals surface area contributed by atoms with E-state index >= 15 is 0 Å². The molecule has 2 heterocycles. The summed E-state index contributed by atoms with van der Waals surface area (Å²) < 4.78 is 11.2. The molecule has 1 N–H and O–H groups in total. The summed E-state index contributed by atoms with van der Waals surface area (Å²) in [4.78, 5) is 43.2. The molecule has 0 bridgehead atoms. The van der Waals surface area contributed by atoms with Crippen molar-refractivity contribution in [3.63, 3.8) is 0 Å². The number of fused-ring (bicyclic) bond motifs is 1. The van der Waals surface area contributed by atoms with Crippen molar-refractivity contribution >= 4 is 23.3 Å². The van der Waals surface area contributed by atoms with Crippen LogP contribution in [-0.2, 0) is 16.1 Å². The van der Waals surface area contributed by atoms with Gasteiger partial charge >= 0.3 is 0 Å². The first-order valence-corrected chi connectivity index (χ1v) is 11.4. The Hall–Kier alpha value is -4.20. The van der Waals surface area contributed by atoms with Gasteiger partial charge in [0.25, 0.3) is 5.91 Å². The lowest BCUT2D eigenvalue weighted by Gasteiger charge is -2.29. The van der Waals surface area contributed by atoms with Gasteiger partial charge in [-0.2, -0.15) is 0 Å². The molecule has 0 unspecified atom stereocenters. The number of benzene rings is 2. The van der Waals surface area contributed by atoms with Crippen molar-refractivity contribution < 1.29 is 23.9 Å². The van der Waals surface area contributed by atoms with Gasteiger partial charge in [0.1, 0.15) is 18.0 Å². The average molecular weight is 474 g/mol. The van der Waals surface area contributed by atoms with E-state index in [0.29, 0.717) is 35.2 Å². The quantitative estimate of drug-likeness (QED) is 0.478. The second-order valence-electron chi connectivity index (χ2n) is 8.52. The van der Waals surface area contributed by atoms with Crippen LogP contribution in [0.2, 0.25) is 0 Å². The maximum Gasteiger partial charge on any atom is 0.265 e. The highest BCUT2D eigenvalue weighted by molar-refractivity contribution is 6.04. The van der Waals surface area contributed by atoms with Crippen molar-refractivity contribution in [2.75, 3.05) is 24.7 Å². The monoisotopic (exact) mass is 473 g/mol. The van der Waals surface area contributed by atoms with E-state index < -0.39 is 0 Å². The number of anilines is 1. The van der Waals surface area contributed by atoms with Gasteiger partial charge in [-0.3, -0.25) is 24.3 Å². The summed E-state index contributed by atoms with van der Waals surface area (Å²) in [6, 6.07) is 16.1. The summed E-state index contributed by atoms with van der Waals surface area (Å²) in [7, 11) is 0. The third-order valence-electron chi connectivity index (χ3n) is 5.65. The Morgan fingerprint density at radius 2 is 1.94 bits per heavy atom. The Morgan fingerprint density at radius 1 is 1.14 bits per heavy atom. The molecule has 180 valence electrons. The molecule has 0 saturated heterocycles. The first-order chi connectivity index (χ1) is 16.9. The number of ether oxygens (including phenoxy) is 2. The summed E-state index contributed by atoms with van der Waals surface area (Å²) >= 11 is 0. The summed E-state index contributed by atoms with van der Waals surface area (Å²) in [6.45, 7) is 4.00. The molecule has 8 heteroatoms. The minimum absolute atomic E-state index is 0.153. The number of amides is 2. The topological polar surface area (TPSA) is 97.8 Å². The SMILES string of the molecule is CC(C)c1ccc(OCC(=O)c2ccc3c(c2)N(CC(=O)NCc2cccnc2)C(=O)CO3)cc1. The molecule has 1 aliphatic heterocycles. The Bertz CT molecular complexity index is 1210. The zero-order valence-corrected chi connectivity index (χ0v) is 19.7. The van der Waals surface area contributed by atoms with E-state index in [0.717, 1.165) is 5.56 Å². The van der Waals surface area contributed by atoms with Crippen LogP contribution >= 0.6 is 0 Å². The van der Waals surface area contributed by atoms with Gasteiger partial charge in [0.05, 0.1) is 5.69 Å². The number of Topliss-reactive ketones (excluding diaryl/α,β-unsaturated/α-hetero) is 1. The molecule has 35 heavy (non-hydrogen) atoms. The van der Waals surface area contributed by atoms with Crippen molar-refractivity contribution in [1.82, 2.24) is 10.3 Å². The minimum Gasteiger partial charge on any atom is -0.485 e. The largest absolute Gasteiger partial charge is 0.485 e. The number of carbonyl (C=O) groups is 3. The van der Waals surface area contributed by atoms with Crippen molar-refractivity contribution in [2.45, 2.75) is 26.3 Å². The number of pyridine rings is 1. The van der Waals surface area contributed by atoms with Gasteiger partial charge in [0, 0.05) is 24.5 Å². The molecular weight excluding hydrogens is 446 g/mol. The van der Waals surface area contributed by atoms with Gasteiger partial charge in [-0.15, -0.1) is 0 Å². The van der Waals surface area contributed by atoms with Crippen LogP contribution in [0.15, 0.2) is 67.0 Å². The molecule has 1 aromatic heterocycles. The predicted octanol–water partition coefficient (Wildman–Crippen LogP) is 3.51. The van der Waals surface area contributed by atoms with Crippen LogP contribution in [-0.4, -0.2) is 42.3 Å². The third kappa shape index (κ3) is 6.03. The molecule has 8 nitrogen and oxygen atoms in total. The fourth-order valence-electron chi connectivity index (χ4n) is 3.63. The van der Waals surface area contributed by atoms with E-state index in [-0.39, 0.29) is 37.4 Å². The smallest absolute Gasteiger partial charge is 0.265 e. The number of ketones is 1. The molecular formula is C27H27N3O5. The van der Waals surface area contributed by atoms with Crippen molar-refractivity contribution in [3.8, 4) is 11.5 Å². The van der Waals surface area contributed by atoms with Crippen LogP contribution in [0, 0.1) is 0 Å². The normalized spacial score (nSPS) is 12.7. The Kier molecular flexibility index (Phi) is 7.40. The molecule has 2 amide bonds.